The van der Waals surface area contributed by atoms with Crippen molar-refractivity contribution < 1.29 is 0 Å². The molecule has 2 rings (SSSR count). The minimum atomic E-state index is 0.204. The molecule has 2 N–H and O–H groups in total. The molecule has 2 nitrogen and oxygen atoms in total. The van der Waals surface area contributed by atoms with E-state index < -0.39 is 0 Å². The molecule has 5 heteroatoms. The van der Waals surface area contributed by atoms with Crippen LogP contribution in [0, 0.1) is 6.92 Å². The Bertz CT molecular complexity index is 553. The Balaban J connectivity index is 2.46. The van der Waals surface area contributed by atoms with Crippen LogP contribution in [0.3, 0.4) is 0 Å². The van der Waals surface area contributed by atoms with Crippen LogP contribution < -0.4 is 5.73 Å². The maximum absolute atomic E-state index is 6.23. The number of halogens is 2. The highest BCUT2D eigenvalue weighted by molar-refractivity contribution is 9.10. The van der Waals surface area contributed by atoms with Crippen LogP contribution in [0.5, 0.6) is 0 Å². The average molecular weight is 332 g/mol. The molecule has 1 unspecified atom stereocenters. The van der Waals surface area contributed by atoms with Crippen molar-refractivity contribution >= 4 is 44.0 Å². The first kappa shape index (κ1) is 12.9. The highest BCUT2D eigenvalue weighted by Crippen LogP contribution is 2.36. The molecule has 0 saturated heterocycles. The van der Waals surface area contributed by atoms with Crippen LogP contribution in [0.2, 0.25) is 5.02 Å². The third-order valence-corrected chi connectivity index (χ3v) is 4.67. The molecular weight excluding hydrogens is 320 g/mol. The summed E-state index contributed by atoms with van der Waals surface area (Å²) >= 11 is 11.2. The second-order valence-electron chi connectivity index (χ2n) is 3.89. The molecule has 0 saturated carbocycles. The van der Waals surface area contributed by atoms with Crippen LogP contribution in [0.15, 0.2) is 22.7 Å². The van der Waals surface area contributed by atoms with Gasteiger partial charge in [0.25, 0.3) is 0 Å². The van der Waals surface area contributed by atoms with E-state index in [2.05, 4.69) is 27.8 Å². The van der Waals surface area contributed by atoms with Gasteiger partial charge in [-0.05, 0) is 30.7 Å². The van der Waals surface area contributed by atoms with Crippen molar-refractivity contribution in [3.63, 3.8) is 0 Å². The minimum absolute atomic E-state index is 0.204. The predicted octanol–water partition coefficient (Wildman–Crippen LogP) is 4.60. The van der Waals surface area contributed by atoms with E-state index in [1.165, 1.54) is 16.2 Å². The normalized spacial score (nSPS) is 12.7. The van der Waals surface area contributed by atoms with E-state index >= 15 is 0 Å². The lowest BCUT2D eigenvalue weighted by atomic mass is 9.98. The number of nitrogen functional groups attached to an aromatic ring is 1. The molecule has 2 aromatic rings. The maximum Gasteiger partial charge on any atom is 0.180 e. The summed E-state index contributed by atoms with van der Waals surface area (Å²) in [6.45, 7) is 4.10. The molecular formula is C12H12BrClN2S. The minimum Gasteiger partial charge on any atom is -0.375 e. The third-order valence-electron chi connectivity index (χ3n) is 2.67. The summed E-state index contributed by atoms with van der Waals surface area (Å²) < 4.78 is 1.03. The number of rotatable bonds is 2. The summed E-state index contributed by atoms with van der Waals surface area (Å²) in [5.74, 6) is 0.204. The topological polar surface area (TPSA) is 38.9 Å². The van der Waals surface area contributed by atoms with Crippen molar-refractivity contribution in [3.05, 3.63) is 43.8 Å². The van der Waals surface area contributed by atoms with Crippen molar-refractivity contribution in [1.29, 1.82) is 0 Å². The molecule has 1 heterocycles. The molecule has 0 radical (unpaired) electrons. The average Bonchev–Trinajstić information content (AvgIpc) is 2.60. The Morgan fingerprint density at radius 3 is 2.76 bits per heavy atom. The summed E-state index contributed by atoms with van der Waals surface area (Å²) in [5.41, 5.74) is 7.80. The van der Waals surface area contributed by atoms with Crippen LogP contribution in [-0.4, -0.2) is 4.98 Å². The van der Waals surface area contributed by atoms with Crippen molar-refractivity contribution in [1.82, 2.24) is 4.98 Å². The van der Waals surface area contributed by atoms with Gasteiger partial charge in [0.15, 0.2) is 5.13 Å². The zero-order valence-electron chi connectivity index (χ0n) is 9.50. The quantitative estimate of drug-likeness (QED) is 0.873. The van der Waals surface area contributed by atoms with Crippen molar-refractivity contribution in [3.8, 4) is 0 Å². The maximum atomic E-state index is 6.23. The van der Waals surface area contributed by atoms with E-state index in [1.807, 2.05) is 25.1 Å². The van der Waals surface area contributed by atoms with Gasteiger partial charge >= 0.3 is 0 Å². The van der Waals surface area contributed by atoms with Crippen molar-refractivity contribution in [2.45, 2.75) is 19.8 Å². The summed E-state index contributed by atoms with van der Waals surface area (Å²) in [6.07, 6.45) is 0. The van der Waals surface area contributed by atoms with Gasteiger partial charge in [0.1, 0.15) is 0 Å². The van der Waals surface area contributed by atoms with Crippen LogP contribution in [0.1, 0.15) is 29.0 Å². The summed E-state index contributed by atoms with van der Waals surface area (Å²) in [6, 6.07) is 5.88. The largest absolute Gasteiger partial charge is 0.375 e. The molecule has 0 fully saturated rings. The fourth-order valence-corrected chi connectivity index (χ4v) is 3.38. The molecule has 90 valence electrons. The molecule has 0 aliphatic heterocycles. The van der Waals surface area contributed by atoms with E-state index in [0.29, 0.717) is 5.13 Å². The second-order valence-corrected chi connectivity index (χ2v) is 6.27. The van der Waals surface area contributed by atoms with Crippen LogP contribution in [0.4, 0.5) is 5.13 Å². The van der Waals surface area contributed by atoms with Gasteiger partial charge in [-0.15, -0.1) is 11.3 Å². The monoisotopic (exact) mass is 330 g/mol. The lowest BCUT2D eigenvalue weighted by Crippen LogP contribution is -1.96. The fourth-order valence-electron chi connectivity index (χ4n) is 1.82. The predicted molar refractivity (Wildman–Crippen MR) is 77.9 cm³/mol. The van der Waals surface area contributed by atoms with Gasteiger partial charge in [-0.2, -0.15) is 0 Å². The van der Waals surface area contributed by atoms with Gasteiger partial charge in [0, 0.05) is 20.3 Å². The Morgan fingerprint density at radius 2 is 2.18 bits per heavy atom. The van der Waals surface area contributed by atoms with Gasteiger partial charge < -0.3 is 5.73 Å². The van der Waals surface area contributed by atoms with Crippen molar-refractivity contribution in [2.75, 3.05) is 5.73 Å². The second kappa shape index (κ2) is 4.96. The molecule has 1 aromatic carbocycles. The Kier molecular flexibility index (Phi) is 3.76. The number of thiazole rings is 1. The van der Waals surface area contributed by atoms with Crippen LogP contribution in [0.25, 0.3) is 0 Å². The van der Waals surface area contributed by atoms with Gasteiger partial charge in [0.2, 0.25) is 0 Å². The van der Waals surface area contributed by atoms with E-state index in [9.17, 15) is 0 Å². The van der Waals surface area contributed by atoms with E-state index in [0.717, 1.165) is 20.8 Å². The van der Waals surface area contributed by atoms with Gasteiger partial charge in [-0.3, -0.25) is 0 Å². The SMILES string of the molecule is Cc1nc(N)sc1C(C)c1cc(Br)ccc1Cl. The van der Waals surface area contributed by atoms with E-state index in [-0.39, 0.29) is 5.92 Å². The molecule has 0 aliphatic carbocycles. The van der Waals surface area contributed by atoms with E-state index in [4.69, 9.17) is 17.3 Å². The Morgan fingerprint density at radius 1 is 1.47 bits per heavy atom. The van der Waals surface area contributed by atoms with Crippen molar-refractivity contribution in [2.24, 2.45) is 0 Å². The summed E-state index contributed by atoms with van der Waals surface area (Å²) in [7, 11) is 0. The number of hydrogen-bond acceptors (Lipinski definition) is 3. The van der Waals surface area contributed by atoms with Gasteiger partial charge in [-0.25, -0.2) is 4.98 Å². The number of aromatic nitrogens is 1. The summed E-state index contributed by atoms with van der Waals surface area (Å²) in [5, 5.41) is 1.38. The zero-order chi connectivity index (χ0) is 12.6. The number of anilines is 1. The van der Waals surface area contributed by atoms with E-state index in [1.54, 1.807) is 0 Å². The third kappa shape index (κ3) is 2.64. The molecule has 0 amide bonds. The Hall–Kier alpha value is -0.580. The molecule has 0 aliphatic rings. The highest BCUT2D eigenvalue weighted by Gasteiger charge is 2.17. The highest BCUT2D eigenvalue weighted by atomic mass is 79.9. The molecule has 1 aromatic heterocycles. The lowest BCUT2D eigenvalue weighted by molar-refractivity contribution is 0.926. The smallest absolute Gasteiger partial charge is 0.180 e. The Labute approximate surface area is 118 Å². The molecule has 1 atom stereocenters. The zero-order valence-corrected chi connectivity index (χ0v) is 12.7. The van der Waals surface area contributed by atoms with Crippen LogP contribution >= 0.6 is 38.9 Å². The first-order valence-corrected chi connectivity index (χ1v) is 7.15. The van der Waals surface area contributed by atoms with Crippen LogP contribution in [-0.2, 0) is 0 Å². The fraction of sp³-hybridized carbons (Fsp3) is 0.250. The first-order valence-electron chi connectivity index (χ1n) is 5.16. The number of benzene rings is 1. The number of aryl methyl sites for hydroxylation is 1. The first-order chi connectivity index (χ1) is 7.99. The molecule has 0 spiro atoms. The molecule has 17 heavy (non-hydrogen) atoms. The standard InChI is InChI=1S/C12H12BrClN2S/c1-6(11-7(2)16-12(15)17-11)9-5-8(13)3-4-10(9)14/h3-6H,1-2H3,(H2,15,16). The number of hydrogen-bond donors (Lipinski definition) is 1. The van der Waals surface area contributed by atoms with Gasteiger partial charge in [0.05, 0.1) is 5.69 Å². The number of nitrogens with zero attached hydrogens (tertiary/aromatic N) is 1. The summed E-state index contributed by atoms with van der Waals surface area (Å²) in [4.78, 5) is 5.42. The molecule has 0 bridgehead atoms. The lowest BCUT2D eigenvalue weighted by Gasteiger charge is -2.13. The van der Waals surface area contributed by atoms with Gasteiger partial charge in [-0.1, -0.05) is 34.5 Å². The number of nitrogens with two attached hydrogens (primary N) is 1.